The van der Waals surface area contributed by atoms with Crippen molar-refractivity contribution >= 4 is 18.3 Å². The molecule has 2 fully saturated rings. The number of piperidine rings is 1. The quantitative estimate of drug-likeness (QED) is 0.806. The van der Waals surface area contributed by atoms with Crippen LogP contribution in [0.3, 0.4) is 0 Å². The summed E-state index contributed by atoms with van der Waals surface area (Å²) in [5.41, 5.74) is 0. The van der Waals surface area contributed by atoms with Crippen molar-refractivity contribution in [2.24, 2.45) is 0 Å². The lowest BCUT2D eigenvalue weighted by molar-refractivity contribution is -0.150. The average Bonchev–Trinajstić information content (AvgIpc) is 3.16. The zero-order valence-corrected chi connectivity index (χ0v) is 17.8. The lowest BCUT2D eigenvalue weighted by Crippen LogP contribution is -2.45. The summed E-state index contributed by atoms with van der Waals surface area (Å²) >= 11 is 0. The van der Waals surface area contributed by atoms with Crippen LogP contribution in [0.5, 0.6) is 0 Å². The molecule has 28 heavy (non-hydrogen) atoms. The van der Waals surface area contributed by atoms with Crippen LogP contribution in [0.25, 0.3) is 0 Å². The first kappa shape index (κ1) is 21.5. The second-order valence-electron chi connectivity index (χ2n) is 8.20. The van der Waals surface area contributed by atoms with Gasteiger partial charge in [-0.15, -0.1) is 22.6 Å². The number of nitrogens with one attached hydrogen (secondary N) is 1. The Morgan fingerprint density at radius 1 is 1.14 bits per heavy atom. The minimum Gasteiger partial charge on any atom is -0.365 e. The molecule has 0 spiro atoms. The van der Waals surface area contributed by atoms with Crippen LogP contribution < -0.4 is 5.32 Å². The van der Waals surface area contributed by atoms with Crippen molar-refractivity contribution in [1.82, 2.24) is 25.0 Å². The second kappa shape index (κ2) is 10.0. The van der Waals surface area contributed by atoms with Gasteiger partial charge in [-0.2, -0.15) is 0 Å². The Hall–Kier alpha value is -1.18. The van der Waals surface area contributed by atoms with Crippen molar-refractivity contribution < 1.29 is 9.53 Å². The summed E-state index contributed by atoms with van der Waals surface area (Å²) < 4.78 is 8.48. The first-order valence-electron chi connectivity index (χ1n) is 10.8. The van der Waals surface area contributed by atoms with Crippen LogP contribution in [0.2, 0.25) is 0 Å². The zero-order chi connectivity index (χ0) is 18.6. The van der Waals surface area contributed by atoms with Crippen molar-refractivity contribution in [3.8, 4) is 0 Å². The number of carbonyl (C=O) groups is 1. The van der Waals surface area contributed by atoms with Gasteiger partial charge in [0.2, 0.25) is 0 Å². The van der Waals surface area contributed by atoms with Gasteiger partial charge in [-0.05, 0) is 32.1 Å². The zero-order valence-electron chi connectivity index (χ0n) is 16.9. The number of nitrogens with zero attached hydrogens (tertiary/aromatic N) is 4. The highest BCUT2D eigenvalue weighted by Crippen LogP contribution is 2.29. The molecule has 2 aliphatic heterocycles. The number of amides is 1. The van der Waals surface area contributed by atoms with Crippen LogP contribution in [0.15, 0.2) is 0 Å². The van der Waals surface area contributed by atoms with Gasteiger partial charge in [0.1, 0.15) is 17.8 Å². The molecule has 1 atom stereocenters. The van der Waals surface area contributed by atoms with E-state index in [-0.39, 0.29) is 30.5 Å². The lowest BCUT2D eigenvalue weighted by atomic mass is 9.95. The Kier molecular flexibility index (Phi) is 7.71. The standard InChI is InChI=1S/C20H33N5O2.ClH/c1-2-17(27-16-6-4-3-5-7-16)20(26)24-11-8-15(9-12-24)19-23-22-18-14-21-10-13-25(18)19;/h15-17,21H,2-14H2,1H3;1H. The maximum atomic E-state index is 13.0. The summed E-state index contributed by atoms with van der Waals surface area (Å²) in [5, 5.41) is 12.1. The Bertz CT molecular complexity index is 639. The Balaban J connectivity index is 0.00000225. The molecule has 0 bridgehead atoms. The molecule has 3 heterocycles. The average molecular weight is 412 g/mol. The van der Waals surface area contributed by atoms with E-state index in [0.717, 1.165) is 76.5 Å². The monoisotopic (exact) mass is 411 g/mol. The van der Waals surface area contributed by atoms with Gasteiger partial charge in [0.25, 0.3) is 5.91 Å². The molecule has 1 amide bonds. The van der Waals surface area contributed by atoms with E-state index in [2.05, 4.69) is 27.0 Å². The highest BCUT2D eigenvalue weighted by Gasteiger charge is 2.32. The third-order valence-corrected chi connectivity index (χ3v) is 6.38. The molecule has 158 valence electrons. The fourth-order valence-electron chi connectivity index (χ4n) is 4.74. The number of hydrogen-bond donors (Lipinski definition) is 1. The van der Waals surface area contributed by atoms with Crippen LogP contribution in [0.1, 0.15) is 75.9 Å². The van der Waals surface area contributed by atoms with Gasteiger partial charge in [0.05, 0.1) is 12.6 Å². The highest BCUT2D eigenvalue weighted by molar-refractivity contribution is 5.85. The number of likely N-dealkylation sites (tertiary alicyclic amines) is 1. The van der Waals surface area contributed by atoms with E-state index in [1.807, 2.05) is 4.90 Å². The second-order valence-corrected chi connectivity index (χ2v) is 8.20. The molecule has 3 aliphatic rings. The number of carbonyl (C=O) groups excluding carboxylic acids is 1. The molecular formula is C20H34ClN5O2. The van der Waals surface area contributed by atoms with Gasteiger partial charge in [-0.3, -0.25) is 4.79 Å². The molecule has 1 aromatic heterocycles. The van der Waals surface area contributed by atoms with Crippen molar-refractivity contribution in [2.45, 2.75) is 89.5 Å². The van der Waals surface area contributed by atoms with E-state index < -0.39 is 0 Å². The molecule has 1 unspecified atom stereocenters. The van der Waals surface area contributed by atoms with Gasteiger partial charge in [-0.25, -0.2) is 0 Å². The normalized spacial score (nSPS) is 22.4. The fourth-order valence-corrected chi connectivity index (χ4v) is 4.74. The SMILES string of the molecule is CCC(OC1CCCCC1)C(=O)N1CCC(c2nnc3n2CCNC3)CC1.Cl. The molecular weight excluding hydrogens is 378 g/mol. The maximum absolute atomic E-state index is 13.0. The lowest BCUT2D eigenvalue weighted by Gasteiger charge is -2.35. The van der Waals surface area contributed by atoms with Crippen molar-refractivity contribution in [3.63, 3.8) is 0 Å². The number of fused-ring (bicyclic) bond motifs is 1. The van der Waals surface area contributed by atoms with Gasteiger partial charge < -0.3 is 19.5 Å². The van der Waals surface area contributed by atoms with Crippen LogP contribution in [0.4, 0.5) is 0 Å². The van der Waals surface area contributed by atoms with E-state index >= 15 is 0 Å². The first-order chi connectivity index (χ1) is 13.3. The Morgan fingerprint density at radius 2 is 1.89 bits per heavy atom. The minimum absolute atomic E-state index is 0. The first-order valence-corrected chi connectivity index (χ1v) is 10.8. The smallest absolute Gasteiger partial charge is 0.251 e. The molecule has 1 saturated heterocycles. The third-order valence-electron chi connectivity index (χ3n) is 6.38. The third kappa shape index (κ3) is 4.69. The Labute approximate surface area is 174 Å². The van der Waals surface area contributed by atoms with Gasteiger partial charge in [0.15, 0.2) is 0 Å². The van der Waals surface area contributed by atoms with Gasteiger partial charge in [-0.1, -0.05) is 26.2 Å². The largest absolute Gasteiger partial charge is 0.365 e. The molecule has 1 N–H and O–H groups in total. The van der Waals surface area contributed by atoms with Crippen LogP contribution in [-0.4, -0.2) is 57.4 Å². The van der Waals surface area contributed by atoms with Crippen LogP contribution in [-0.2, 0) is 22.6 Å². The molecule has 1 aliphatic carbocycles. The predicted octanol–water partition coefficient (Wildman–Crippen LogP) is 2.64. The number of rotatable bonds is 5. The minimum atomic E-state index is -0.267. The van der Waals surface area contributed by atoms with E-state index in [1.165, 1.54) is 19.3 Å². The molecule has 1 saturated carbocycles. The van der Waals surface area contributed by atoms with Gasteiger partial charge >= 0.3 is 0 Å². The molecule has 4 rings (SSSR count). The van der Waals surface area contributed by atoms with E-state index in [0.29, 0.717) is 5.92 Å². The molecule has 8 heteroatoms. The maximum Gasteiger partial charge on any atom is 0.251 e. The predicted molar refractivity (Wildman–Crippen MR) is 110 cm³/mol. The summed E-state index contributed by atoms with van der Waals surface area (Å²) in [6.07, 6.45) is 8.71. The van der Waals surface area contributed by atoms with Crippen LogP contribution >= 0.6 is 12.4 Å². The summed E-state index contributed by atoms with van der Waals surface area (Å²) in [6, 6.07) is 0. The van der Waals surface area contributed by atoms with Crippen LogP contribution in [0, 0.1) is 0 Å². The summed E-state index contributed by atoms with van der Waals surface area (Å²) in [7, 11) is 0. The number of aromatic nitrogens is 3. The van der Waals surface area contributed by atoms with E-state index in [4.69, 9.17) is 4.74 Å². The summed E-state index contributed by atoms with van der Waals surface area (Å²) in [6.45, 7) is 6.40. The van der Waals surface area contributed by atoms with Crippen molar-refractivity contribution in [2.75, 3.05) is 19.6 Å². The molecule has 0 aromatic carbocycles. The molecule has 0 radical (unpaired) electrons. The molecule has 1 aromatic rings. The van der Waals surface area contributed by atoms with Gasteiger partial charge in [0, 0.05) is 32.1 Å². The number of hydrogen-bond acceptors (Lipinski definition) is 5. The fraction of sp³-hybridized carbons (Fsp3) is 0.850. The van der Waals surface area contributed by atoms with Crippen molar-refractivity contribution in [3.05, 3.63) is 11.6 Å². The number of halogens is 1. The summed E-state index contributed by atoms with van der Waals surface area (Å²) in [5.74, 6) is 2.76. The molecule has 7 nitrogen and oxygen atoms in total. The summed E-state index contributed by atoms with van der Waals surface area (Å²) in [4.78, 5) is 15.0. The highest BCUT2D eigenvalue weighted by atomic mass is 35.5. The van der Waals surface area contributed by atoms with Crippen molar-refractivity contribution in [1.29, 1.82) is 0 Å². The number of ether oxygens (including phenoxy) is 1. The van der Waals surface area contributed by atoms with E-state index in [1.54, 1.807) is 0 Å². The van der Waals surface area contributed by atoms with E-state index in [9.17, 15) is 4.79 Å². The topological polar surface area (TPSA) is 72.3 Å². The Morgan fingerprint density at radius 3 is 2.61 bits per heavy atom.